The summed E-state index contributed by atoms with van der Waals surface area (Å²) >= 11 is 3.19. The minimum absolute atomic E-state index is 0.0889. The van der Waals surface area contributed by atoms with Gasteiger partial charge in [0.1, 0.15) is 10.5 Å². The molecule has 1 aliphatic rings. The Morgan fingerprint density at radius 1 is 1.12 bits per heavy atom. The molecule has 0 N–H and O–H groups in total. The van der Waals surface area contributed by atoms with Crippen LogP contribution in [0.15, 0.2) is 39.1 Å². The molecule has 1 aliphatic carbocycles. The van der Waals surface area contributed by atoms with E-state index in [0.717, 1.165) is 59.5 Å². The van der Waals surface area contributed by atoms with E-state index in [2.05, 4.69) is 11.9 Å². The molecule has 4 aromatic heterocycles. The molecule has 5 rings (SSSR count). The van der Waals surface area contributed by atoms with Crippen LogP contribution in [0.2, 0.25) is 0 Å². The maximum absolute atomic E-state index is 13.6. The number of unbranched alkanes of at least 4 members (excludes halogenated alkanes) is 2. The summed E-state index contributed by atoms with van der Waals surface area (Å²) in [6.45, 7) is 4.80. The lowest BCUT2D eigenvalue weighted by atomic mass is 9.97. The lowest BCUT2D eigenvalue weighted by Crippen LogP contribution is -2.24. The van der Waals surface area contributed by atoms with E-state index >= 15 is 0 Å². The van der Waals surface area contributed by atoms with Crippen LogP contribution < -0.4 is 11.1 Å². The third kappa shape index (κ3) is 4.38. The number of aromatic nitrogens is 4. The van der Waals surface area contributed by atoms with Crippen molar-refractivity contribution in [1.29, 1.82) is 0 Å². The fraction of sp³-hybridized carbons (Fsp3) is 0.440. The van der Waals surface area contributed by atoms with Crippen LogP contribution in [-0.4, -0.2) is 18.9 Å². The Morgan fingerprint density at radius 2 is 1.97 bits per heavy atom. The molecule has 0 fully saturated rings. The van der Waals surface area contributed by atoms with Gasteiger partial charge in [0.2, 0.25) is 0 Å². The van der Waals surface area contributed by atoms with Crippen LogP contribution in [-0.2, 0) is 25.1 Å². The Bertz CT molecular complexity index is 1450. The predicted molar refractivity (Wildman–Crippen MR) is 136 cm³/mol. The van der Waals surface area contributed by atoms with Crippen molar-refractivity contribution >= 4 is 39.0 Å². The quantitative estimate of drug-likeness (QED) is 0.208. The standard InChI is InChI=1S/C25H28N4O2S2/c1-3-4-7-12-28-24(31)22-18-8-5-6-9-19(18)33-23(22)27-25(28)32-15-17-13-21(30)29-14-16(2)10-11-20(29)26-17/h10-11,13-14H,3-9,12,15H2,1-2H3. The Labute approximate surface area is 200 Å². The highest BCUT2D eigenvalue weighted by atomic mass is 32.2. The maximum atomic E-state index is 13.6. The van der Waals surface area contributed by atoms with Gasteiger partial charge in [-0.1, -0.05) is 37.6 Å². The van der Waals surface area contributed by atoms with Crippen LogP contribution >= 0.6 is 23.1 Å². The number of thiophene rings is 1. The van der Waals surface area contributed by atoms with Gasteiger partial charge in [-0.05, 0) is 56.2 Å². The average Bonchev–Trinajstić information content (AvgIpc) is 3.18. The smallest absolute Gasteiger partial charge is 0.263 e. The predicted octanol–water partition coefficient (Wildman–Crippen LogP) is 5.14. The molecule has 0 aromatic carbocycles. The van der Waals surface area contributed by atoms with Crippen LogP contribution in [0.3, 0.4) is 0 Å². The van der Waals surface area contributed by atoms with Gasteiger partial charge in [0.25, 0.3) is 11.1 Å². The second-order valence-electron chi connectivity index (χ2n) is 8.76. The van der Waals surface area contributed by atoms with Crippen LogP contribution in [0.25, 0.3) is 15.9 Å². The summed E-state index contributed by atoms with van der Waals surface area (Å²) in [6.07, 6.45) is 9.32. The number of thioether (sulfide) groups is 1. The Kier molecular flexibility index (Phi) is 6.38. The molecule has 0 saturated heterocycles. The van der Waals surface area contributed by atoms with E-state index in [9.17, 15) is 9.59 Å². The summed E-state index contributed by atoms with van der Waals surface area (Å²) in [4.78, 5) is 38.0. The molecule has 0 saturated carbocycles. The molecule has 4 aromatic rings. The lowest BCUT2D eigenvalue weighted by Gasteiger charge is -2.13. The Balaban J connectivity index is 1.52. The number of hydrogen-bond acceptors (Lipinski definition) is 6. The molecule has 8 heteroatoms. The first kappa shape index (κ1) is 22.3. The molecular formula is C25H28N4O2S2. The van der Waals surface area contributed by atoms with Crippen LogP contribution in [0.1, 0.15) is 60.7 Å². The van der Waals surface area contributed by atoms with E-state index in [4.69, 9.17) is 4.98 Å². The zero-order valence-corrected chi connectivity index (χ0v) is 20.7. The second kappa shape index (κ2) is 9.43. The largest absolute Gasteiger partial charge is 0.287 e. The van der Waals surface area contributed by atoms with Gasteiger partial charge in [0, 0.05) is 29.4 Å². The Hall–Kier alpha value is -2.45. The second-order valence-corrected chi connectivity index (χ2v) is 10.8. The van der Waals surface area contributed by atoms with Crippen molar-refractivity contribution in [2.45, 2.75) is 76.2 Å². The monoisotopic (exact) mass is 480 g/mol. The topological polar surface area (TPSA) is 69.3 Å². The van der Waals surface area contributed by atoms with Gasteiger partial charge < -0.3 is 0 Å². The summed E-state index contributed by atoms with van der Waals surface area (Å²) in [5, 5.41) is 1.57. The summed E-state index contributed by atoms with van der Waals surface area (Å²) in [5.74, 6) is 0.496. The molecule has 0 atom stereocenters. The molecule has 0 amide bonds. The van der Waals surface area contributed by atoms with Crippen molar-refractivity contribution in [1.82, 2.24) is 18.9 Å². The third-order valence-electron chi connectivity index (χ3n) is 6.23. The van der Waals surface area contributed by atoms with Crippen molar-refractivity contribution in [3.05, 3.63) is 66.8 Å². The zero-order chi connectivity index (χ0) is 22.9. The lowest BCUT2D eigenvalue weighted by molar-refractivity contribution is 0.541. The minimum Gasteiger partial charge on any atom is -0.287 e. The minimum atomic E-state index is -0.0889. The molecule has 0 spiro atoms. The first-order chi connectivity index (χ1) is 16.0. The highest BCUT2D eigenvalue weighted by Crippen LogP contribution is 2.35. The van der Waals surface area contributed by atoms with E-state index in [1.807, 2.05) is 23.6 Å². The molecule has 33 heavy (non-hydrogen) atoms. The SMILES string of the molecule is CCCCCn1c(SCc2cc(=O)n3cc(C)ccc3n2)nc2sc3c(c2c1=O)CCCC3. The van der Waals surface area contributed by atoms with E-state index < -0.39 is 0 Å². The van der Waals surface area contributed by atoms with Gasteiger partial charge in [-0.2, -0.15) is 0 Å². The van der Waals surface area contributed by atoms with Gasteiger partial charge in [-0.25, -0.2) is 9.97 Å². The average molecular weight is 481 g/mol. The third-order valence-corrected chi connectivity index (χ3v) is 8.43. The van der Waals surface area contributed by atoms with Crippen molar-refractivity contribution in [2.24, 2.45) is 0 Å². The van der Waals surface area contributed by atoms with Crippen LogP contribution in [0, 0.1) is 6.92 Å². The molecule has 0 bridgehead atoms. The fourth-order valence-corrected chi connectivity index (χ4v) is 6.74. The zero-order valence-electron chi connectivity index (χ0n) is 19.1. The number of rotatable bonds is 7. The number of hydrogen-bond donors (Lipinski definition) is 0. The van der Waals surface area contributed by atoms with Gasteiger partial charge in [0.05, 0.1) is 11.1 Å². The summed E-state index contributed by atoms with van der Waals surface area (Å²) in [6, 6.07) is 5.41. The molecular weight excluding hydrogens is 452 g/mol. The van der Waals surface area contributed by atoms with Crippen molar-refractivity contribution in [3.8, 4) is 0 Å². The fourth-order valence-electron chi connectivity index (χ4n) is 4.52. The molecule has 172 valence electrons. The van der Waals surface area contributed by atoms with Crippen molar-refractivity contribution in [2.75, 3.05) is 0 Å². The van der Waals surface area contributed by atoms with Gasteiger partial charge in [-0.15, -0.1) is 11.3 Å². The van der Waals surface area contributed by atoms with Gasteiger partial charge >= 0.3 is 0 Å². The van der Waals surface area contributed by atoms with Crippen molar-refractivity contribution < 1.29 is 0 Å². The highest BCUT2D eigenvalue weighted by Gasteiger charge is 2.22. The van der Waals surface area contributed by atoms with Crippen molar-refractivity contribution in [3.63, 3.8) is 0 Å². The molecule has 6 nitrogen and oxygen atoms in total. The molecule has 4 heterocycles. The summed E-state index contributed by atoms with van der Waals surface area (Å²) in [7, 11) is 0. The normalized spacial score (nSPS) is 13.6. The maximum Gasteiger partial charge on any atom is 0.263 e. The molecule has 0 unspecified atom stereocenters. The number of pyridine rings is 1. The summed E-state index contributed by atoms with van der Waals surface area (Å²) in [5.41, 5.74) is 3.60. The van der Waals surface area contributed by atoms with Gasteiger partial charge in [0.15, 0.2) is 5.16 Å². The van der Waals surface area contributed by atoms with E-state index in [0.29, 0.717) is 23.6 Å². The van der Waals surface area contributed by atoms with E-state index in [-0.39, 0.29) is 11.1 Å². The highest BCUT2D eigenvalue weighted by molar-refractivity contribution is 7.98. The molecule has 0 aliphatic heterocycles. The molecule has 0 radical (unpaired) electrons. The number of fused-ring (bicyclic) bond motifs is 4. The Morgan fingerprint density at radius 3 is 2.82 bits per heavy atom. The van der Waals surface area contributed by atoms with E-state index in [1.54, 1.807) is 28.0 Å². The van der Waals surface area contributed by atoms with Crippen LogP contribution in [0.5, 0.6) is 0 Å². The first-order valence-corrected chi connectivity index (χ1v) is 13.5. The van der Waals surface area contributed by atoms with Gasteiger partial charge in [-0.3, -0.25) is 18.6 Å². The number of aryl methyl sites for hydroxylation is 3. The van der Waals surface area contributed by atoms with E-state index in [1.165, 1.54) is 28.6 Å². The summed E-state index contributed by atoms with van der Waals surface area (Å²) < 4.78 is 3.44. The number of nitrogens with zero attached hydrogens (tertiary/aromatic N) is 4. The first-order valence-electron chi connectivity index (χ1n) is 11.7. The van der Waals surface area contributed by atoms with Crippen LogP contribution in [0.4, 0.5) is 0 Å².